The van der Waals surface area contributed by atoms with Crippen molar-refractivity contribution in [2.24, 2.45) is 0 Å². The molecule has 4 nitrogen and oxygen atoms in total. The number of benzene rings is 1. The number of nitrogens with zero attached hydrogens (tertiary/aromatic N) is 2. The van der Waals surface area contributed by atoms with Crippen LogP contribution in [0.3, 0.4) is 0 Å². The summed E-state index contributed by atoms with van der Waals surface area (Å²) in [4.78, 5) is 0. The number of para-hydroxylation sites is 1. The molecule has 2 rings (SSSR count). The first kappa shape index (κ1) is 23.9. The molecule has 0 bridgehead atoms. The fourth-order valence-corrected chi connectivity index (χ4v) is 14.1. The fraction of sp³-hybridized carbons (Fsp3) is 0.652. The van der Waals surface area contributed by atoms with Gasteiger partial charge in [-0.2, -0.15) is 0 Å². The van der Waals surface area contributed by atoms with Gasteiger partial charge in [-0.1, -0.05) is 93.6 Å². The predicted octanol–water partition coefficient (Wildman–Crippen LogP) is 4.63. The van der Waals surface area contributed by atoms with Crippen molar-refractivity contribution in [3.8, 4) is 11.6 Å². The van der Waals surface area contributed by atoms with E-state index in [0.29, 0.717) is 16.6 Å². The van der Waals surface area contributed by atoms with E-state index in [1.807, 2.05) is 4.68 Å². The van der Waals surface area contributed by atoms with Crippen LogP contribution in [0, 0.1) is 0 Å². The summed E-state index contributed by atoms with van der Waals surface area (Å²) in [6, 6.07) is 8.60. The summed E-state index contributed by atoms with van der Waals surface area (Å²) in [5, 5.41) is 19.3. The number of aromatic nitrogens is 2. The van der Waals surface area contributed by atoms with Crippen molar-refractivity contribution in [2.45, 2.75) is 97.1 Å². The smallest absolute Gasteiger partial charge is 0.238 e. The van der Waals surface area contributed by atoms with E-state index < -0.39 is 16.1 Å². The molecular weight excluding hydrogens is 392 g/mol. The molecule has 0 spiro atoms. The summed E-state index contributed by atoms with van der Waals surface area (Å²) in [5.41, 5.74) is 2.75. The molecule has 1 heterocycles. The van der Waals surface area contributed by atoms with Gasteiger partial charge in [-0.25, -0.2) is 0 Å². The van der Waals surface area contributed by atoms with Crippen molar-refractivity contribution in [3.63, 3.8) is 0 Å². The van der Waals surface area contributed by atoms with Gasteiger partial charge >= 0.3 is 0 Å². The zero-order valence-electron chi connectivity index (χ0n) is 20.3. The zero-order valence-corrected chi connectivity index (χ0v) is 22.3. The maximum atomic E-state index is 12.9. The lowest BCUT2D eigenvalue weighted by molar-refractivity contribution is -0.654. The minimum absolute atomic E-state index is 0.0110. The molecule has 0 unspecified atom stereocenters. The van der Waals surface area contributed by atoms with Gasteiger partial charge in [0.15, 0.2) is 8.07 Å². The standard InChI is InChI=1S/C23H40N2O2Si2/c1-16(2)29(17(3)4,18(5)6)20-15-13-12-14-19(20)25-21(22(26)27-24-25)28(10,11)23(7,8)9/h12-18H,1-11H3. The quantitative estimate of drug-likeness (QED) is 0.494. The summed E-state index contributed by atoms with van der Waals surface area (Å²) >= 11 is 0. The third-order valence-corrected chi connectivity index (χ3v) is 20.0. The lowest BCUT2D eigenvalue weighted by Gasteiger charge is -2.43. The molecule has 1 aromatic carbocycles. The maximum absolute atomic E-state index is 12.9. The second-order valence-electron chi connectivity index (χ2n) is 10.9. The Labute approximate surface area is 179 Å². The average molecular weight is 433 g/mol. The molecule has 0 saturated heterocycles. The van der Waals surface area contributed by atoms with Gasteiger partial charge in [0.1, 0.15) is 14.0 Å². The number of rotatable bonds is 6. The van der Waals surface area contributed by atoms with E-state index in [1.165, 1.54) is 5.19 Å². The summed E-state index contributed by atoms with van der Waals surface area (Å²) in [6.07, 6.45) is 0. The normalized spacial score (nSPS) is 13.7. The summed E-state index contributed by atoms with van der Waals surface area (Å²) < 4.78 is 7.15. The highest BCUT2D eigenvalue weighted by Crippen LogP contribution is 2.42. The van der Waals surface area contributed by atoms with Gasteiger partial charge in [0, 0.05) is 11.3 Å². The molecule has 0 saturated carbocycles. The Kier molecular flexibility index (Phi) is 6.60. The molecule has 0 radical (unpaired) electrons. The highest BCUT2D eigenvalue weighted by atomic mass is 28.3. The lowest BCUT2D eigenvalue weighted by Crippen LogP contribution is -2.67. The lowest BCUT2D eigenvalue weighted by atomic mass is 10.2. The Bertz CT molecular complexity index is 827. The van der Waals surface area contributed by atoms with Gasteiger partial charge in [-0.05, 0) is 26.3 Å². The van der Waals surface area contributed by atoms with Gasteiger partial charge in [-0.15, -0.1) is 0 Å². The van der Waals surface area contributed by atoms with Crippen LogP contribution in [0.5, 0.6) is 5.95 Å². The van der Waals surface area contributed by atoms with Crippen molar-refractivity contribution >= 4 is 26.7 Å². The van der Waals surface area contributed by atoms with Crippen molar-refractivity contribution in [2.75, 3.05) is 0 Å². The zero-order chi connectivity index (χ0) is 22.4. The predicted molar refractivity (Wildman–Crippen MR) is 125 cm³/mol. The molecular formula is C23H40N2O2Si2. The van der Waals surface area contributed by atoms with Crippen molar-refractivity contribution < 1.29 is 14.3 Å². The highest BCUT2D eigenvalue weighted by molar-refractivity contribution is 6.95. The number of hydrogen-bond donors (Lipinski definition) is 0. The summed E-state index contributed by atoms with van der Waals surface area (Å²) in [7, 11) is -4.09. The van der Waals surface area contributed by atoms with E-state index in [4.69, 9.17) is 4.52 Å². The van der Waals surface area contributed by atoms with E-state index in [9.17, 15) is 5.11 Å². The van der Waals surface area contributed by atoms with Gasteiger partial charge in [0.2, 0.25) is 11.0 Å². The first-order chi connectivity index (χ1) is 13.2. The van der Waals surface area contributed by atoms with Gasteiger partial charge in [-0.3, -0.25) is 0 Å². The monoisotopic (exact) mass is 432 g/mol. The maximum Gasteiger partial charge on any atom is 0.238 e. The van der Waals surface area contributed by atoms with Crippen molar-refractivity contribution in [3.05, 3.63) is 24.3 Å². The van der Waals surface area contributed by atoms with Crippen molar-refractivity contribution in [1.29, 1.82) is 0 Å². The van der Waals surface area contributed by atoms with E-state index >= 15 is 0 Å². The van der Waals surface area contributed by atoms with Crippen LogP contribution >= 0.6 is 0 Å². The molecule has 0 aliphatic rings. The Morgan fingerprint density at radius 1 is 0.931 bits per heavy atom. The molecule has 1 aromatic heterocycles. The largest absolute Gasteiger partial charge is 0.539 e. The molecule has 0 aliphatic heterocycles. The fourth-order valence-electron chi connectivity index (χ4n) is 5.25. The third-order valence-electron chi connectivity index (χ3n) is 7.54. The topological polar surface area (TPSA) is 53.0 Å². The van der Waals surface area contributed by atoms with Crippen LogP contribution in [0.1, 0.15) is 62.3 Å². The van der Waals surface area contributed by atoms with Crippen LogP contribution in [0.15, 0.2) is 28.8 Å². The van der Waals surface area contributed by atoms with Crippen LogP contribution in [0.4, 0.5) is 0 Å². The van der Waals surface area contributed by atoms with Crippen LogP contribution in [0.25, 0.3) is 5.69 Å². The van der Waals surface area contributed by atoms with Gasteiger partial charge in [0.25, 0.3) is 0 Å². The molecule has 162 valence electrons. The molecule has 29 heavy (non-hydrogen) atoms. The Hall–Kier alpha value is -1.41. The summed E-state index contributed by atoms with van der Waals surface area (Å²) in [6.45, 7) is 25.3. The second kappa shape index (κ2) is 8.02. The molecule has 0 atom stereocenters. The third kappa shape index (κ3) is 3.74. The molecule has 2 aromatic rings. The Morgan fingerprint density at radius 2 is 1.41 bits per heavy atom. The minimum Gasteiger partial charge on any atom is -0.539 e. The first-order valence-corrected chi connectivity index (χ1v) is 16.1. The molecule has 0 aliphatic carbocycles. The van der Waals surface area contributed by atoms with Gasteiger partial charge < -0.3 is 9.63 Å². The summed E-state index contributed by atoms with van der Waals surface area (Å²) in [5.74, 6) is -0.280. The van der Waals surface area contributed by atoms with E-state index in [-0.39, 0.29) is 11.0 Å². The van der Waals surface area contributed by atoms with E-state index in [0.717, 1.165) is 11.0 Å². The van der Waals surface area contributed by atoms with E-state index in [2.05, 4.69) is 105 Å². The van der Waals surface area contributed by atoms with Crippen molar-refractivity contribution in [1.82, 2.24) is 5.27 Å². The molecule has 0 amide bonds. The van der Waals surface area contributed by atoms with Crippen LogP contribution in [-0.2, 0) is 0 Å². The Balaban J connectivity index is 2.90. The second-order valence-corrected chi connectivity index (χ2v) is 22.0. The SMILES string of the molecule is CC(C)[Si](c1ccccc1-[n+]1noc([O-])c1[Si](C)(C)C(C)(C)C)(C(C)C)C(C)C. The van der Waals surface area contributed by atoms with Gasteiger partial charge in [0.05, 0.1) is 5.27 Å². The molecule has 0 N–H and O–H groups in total. The minimum atomic E-state index is -2.15. The van der Waals surface area contributed by atoms with Crippen LogP contribution in [-0.4, -0.2) is 21.4 Å². The molecule has 0 fully saturated rings. The number of hydrogen-bond acceptors (Lipinski definition) is 3. The average Bonchev–Trinajstić information content (AvgIpc) is 2.96. The highest BCUT2D eigenvalue weighted by Gasteiger charge is 2.51. The molecule has 6 heteroatoms. The van der Waals surface area contributed by atoms with E-state index in [1.54, 1.807) is 0 Å². The first-order valence-electron chi connectivity index (χ1n) is 10.9. The van der Waals surface area contributed by atoms with Crippen LogP contribution in [0.2, 0.25) is 34.8 Å². The van der Waals surface area contributed by atoms with Crippen LogP contribution < -0.4 is 20.3 Å². The Morgan fingerprint density at radius 3 is 1.86 bits per heavy atom.